The van der Waals surface area contributed by atoms with Crippen molar-refractivity contribution < 1.29 is 53.2 Å². The van der Waals surface area contributed by atoms with E-state index in [9.17, 15) is 58.8 Å². The van der Waals surface area contributed by atoms with Crippen LogP contribution in [0.3, 0.4) is 0 Å². The monoisotopic (exact) mass is 475 g/mol. The Morgan fingerprint density at radius 1 is 0.867 bits per heavy atom. The van der Waals surface area contributed by atoms with Gasteiger partial charge in [-0.15, -0.1) is 0 Å². The molecule has 0 atom stereocenters. The summed E-state index contributed by atoms with van der Waals surface area (Å²) in [5.41, 5.74) is -3.49. The molecule has 1 heterocycles. The highest BCUT2D eigenvalue weighted by atomic mass is 35.5. The molecule has 0 aliphatic heterocycles. The van der Waals surface area contributed by atoms with Crippen molar-refractivity contribution in [3.63, 3.8) is 0 Å². The van der Waals surface area contributed by atoms with E-state index in [1.54, 1.807) is 0 Å². The maximum Gasteiger partial charge on any atom is 0.393 e. The Morgan fingerprint density at radius 2 is 1.40 bits per heavy atom. The molecule has 0 radical (unpaired) electrons. The minimum atomic E-state index is -7.43. The second kappa shape index (κ2) is 6.72. The van der Waals surface area contributed by atoms with Crippen LogP contribution in [0.4, 0.5) is 49.6 Å². The zero-order valence-corrected chi connectivity index (χ0v) is 14.3. The maximum absolute atomic E-state index is 14.1. The fourth-order valence-electron chi connectivity index (χ4n) is 2.14. The number of nitrogens with zero attached hydrogens (tertiary/aromatic N) is 1. The Balaban J connectivity index is 2.70. The summed E-state index contributed by atoms with van der Waals surface area (Å²) >= 11 is 3.69. The molecule has 1 aromatic carbocycles. The fraction of sp³-hybridized carbons (Fsp3) is 0.357. The Hall–Kier alpha value is -2.58. The molecule has 5 nitrogen and oxygen atoms in total. The van der Waals surface area contributed by atoms with Crippen molar-refractivity contribution in [1.29, 1.82) is 0 Å². The third-order valence-corrected chi connectivity index (χ3v) is 4.01. The van der Waals surface area contributed by atoms with Crippen LogP contribution in [0, 0.1) is 10.1 Å². The molecule has 2 aromatic rings. The van der Waals surface area contributed by atoms with Crippen molar-refractivity contribution in [1.82, 2.24) is 0 Å². The topological polar surface area (TPSA) is 73.3 Å². The molecular formula is C14H4ClF10NO4. The number of alkyl halides is 11. The predicted octanol–water partition coefficient (Wildman–Crippen LogP) is 5.53. The number of nitro groups is 1. The first-order valence-electron chi connectivity index (χ1n) is 7.10. The highest BCUT2D eigenvalue weighted by molar-refractivity contribution is 6.22. The Kier molecular flexibility index (Phi) is 5.30. The van der Waals surface area contributed by atoms with Crippen LogP contribution in [0.5, 0.6) is 0 Å². The number of non-ortho nitro benzene ring substituents is 1. The average molecular weight is 476 g/mol. The van der Waals surface area contributed by atoms with E-state index in [0.717, 1.165) is 0 Å². The molecule has 30 heavy (non-hydrogen) atoms. The smallest absolute Gasteiger partial charge is 0.393 e. The van der Waals surface area contributed by atoms with Gasteiger partial charge in [0.1, 0.15) is 5.58 Å². The van der Waals surface area contributed by atoms with Crippen LogP contribution in [0.1, 0.15) is 5.76 Å². The molecule has 0 aliphatic rings. The molecular weight excluding hydrogens is 472 g/mol. The van der Waals surface area contributed by atoms with Gasteiger partial charge < -0.3 is 4.42 Å². The maximum atomic E-state index is 14.1. The molecule has 1 aromatic heterocycles. The van der Waals surface area contributed by atoms with Crippen molar-refractivity contribution in [2.75, 3.05) is 0 Å². The minimum absolute atomic E-state index is 0.465. The number of rotatable bonds is 6. The summed E-state index contributed by atoms with van der Waals surface area (Å²) in [6.45, 7) is 0. The van der Waals surface area contributed by atoms with E-state index in [1.165, 1.54) is 0 Å². The number of hydrogen-bond acceptors (Lipinski definition) is 4. The van der Waals surface area contributed by atoms with Gasteiger partial charge in [0.05, 0.1) is 10.3 Å². The summed E-state index contributed by atoms with van der Waals surface area (Å²) in [7, 11) is 0. The molecule has 0 bridgehead atoms. The average Bonchev–Trinajstić information content (AvgIpc) is 2.59. The molecule has 0 amide bonds. The first kappa shape index (κ1) is 23.7. The van der Waals surface area contributed by atoms with E-state index in [1.807, 2.05) is 0 Å². The van der Waals surface area contributed by atoms with E-state index in [0.29, 0.717) is 18.2 Å². The molecule has 166 valence electrons. The van der Waals surface area contributed by atoms with Crippen molar-refractivity contribution in [3.8, 4) is 0 Å². The quantitative estimate of drug-likeness (QED) is 0.238. The minimum Gasteiger partial charge on any atom is -0.454 e. The van der Waals surface area contributed by atoms with Gasteiger partial charge in [-0.05, 0) is 17.7 Å². The van der Waals surface area contributed by atoms with Gasteiger partial charge in [-0.1, -0.05) is 0 Å². The largest absolute Gasteiger partial charge is 0.454 e. The lowest BCUT2D eigenvalue weighted by molar-refractivity contribution is -0.395. The normalized spacial score (nSPS) is 14.2. The van der Waals surface area contributed by atoms with Gasteiger partial charge >= 0.3 is 29.1 Å². The Labute approximate surface area is 162 Å². The van der Waals surface area contributed by atoms with Crippen molar-refractivity contribution >= 4 is 28.3 Å². The summed E-state index contributed by atoms with van der Waals surface area (Å²) in [6, 6.07) is 0.972. The highest BCUT2D eigenvalue weighted by Gasteiger charge is 2.87. The standard InChI is InChI=1S/C14H4ClF10NO4/c15-14(24,25)13(22,23)12(20,21)11(18,19)10(16,17)9-4-7(27)6-3-5(26(28)29)1-2-8(6)30-9/h1-4H. The number of hydrogen-bond donors (Lipinski definition) is 0. The third kappa shape index (κ3) is 3.24. The second-order valence-electron chi connectivity index (χ2n) is 5.71. The summed E-state index contributed by atoms with van der Waals surface area (Å²) in [5, 5.41) is 3.44. The summed E-state index contributed by atoms with van der Waals surface area (Å²) in [4.78, 5) is 21.4. The van der Waals surface area contributed by atoms with Crippen LogP contribution < -0.4 is 5.43 Å². The van der Waals surface area contributed by atoms with Crippen LogP contribution >= 0.6 is 11.6 Å². The van der Waals surface area contributed by atoms with Crippen molar-refractivity contribution in [2.24, 2.45) is 0 Å². The van der Waals surface area contributed by atoms with E-state index in [-0.39, 0.29) is 0 Å². The second-order valence-corrected chi connectivity index (χ2v) is 6.18. The molecule has 0 unspecified atom stereocenters. The van der Waals surface area contributed by atoms with Gasteiger partial charge in [0, 0.05) is 18.2 Å². The van der Waals surface area contributed by atoms with Gasteiger partial charge in [-0.3, -0.25) is 14.9 Å². The van der Waals surface area contributed by atoms with E-state index >= 15 is 0 Å². The summed E-state index contributed by atoms with van der Waals surface area (Å²) in [6.07, 6.45) is 0. The van der Waals surface area contributed by atoms with Gasteiger partial charge in [-0.25, -0.2) is 0 Å². The summed E-state index contributed by atoms with van der Waals surface area (Å²) in [5.74, 6) is -30.9. The molecule has 2 rings (SSSR count). The molecule has 0 N–H and O–H groups in total. The van der Waals surface area contributed by atoms with Gasteiger partial charge in [0.25, 0.3) is 5.69 Å². The van der Waals surface area contributed by atoms with Crippen LogP contribution in [-0.2, 0) is 5.92 Å². The Morgan fingerprint density at radius 3 is 1.87 bits per heavy atom. The number of halogens is 11. The third-order valence-electron chi connectivity index (χ3n) is 3.77. The lowest BCUT2D eigenvalue weighted by atomic mass is 9.96. The van der Waals surface area contributed by atoms with Crippen LogP contribution in [0.2, 0.25) is 0 Å². The van der Waals surface area contributed by atoms with Crippen LogP contribution in [0.25, 0.3) is 11.0 Å². The first-order valence-corrected chi connectivity index (χ1v) is 7.47. The lowest BCUT2D eigenvalue weighted by Crippen LogP contribution is -2.65. The van der Waals surface area contributed by atoms with Gasteiger partial charge in [0.15, 0.2) is 11.2 Å². The van der Waals surface area contributed by atoms with Crippen molar-refractivity contribution in [2.45, 2.75) is 29.1 Å². The number of nitro benzene ring substituents is 1. The first-order chi connectivity index (χ1) is 13.3. The molecule has 0 fully saturated rings. The lowest BCUT2D eigenvalue weighted by Gasteiger charge is -2.37. The van der Waals surface area contributed by atoms with Gasteiger partial charge in [-0.2, -0.15) is 43.9 Å². The molecule has 16 heteroatoms. The zero-order chi connectivity index (χ0) is 23.5. The molecule has 0 aliphatic carbocycles. The SMILES string of the molecule is O=c1cc(C(F)(F)C(F)(F)C(F)(F)C(F)(F)C(F)(F)Cl)oc2ccc([N+](=O)[O-])cc12. The van der Waals surface area contributed by atoms with Crippen LogP contribution in [-0.4, -0.2) is 28.1 Å². The molecule has 0 spiro atoms. The van der Waals surface area contributed by atoms with Crippen LogP contribution in [0.15, 0.2) is 33.5 Å². The summed E-state index contributed by atoms with van der Waals surface area (Å²) < 4.78 is 138. The number of fused-ring (bicyclic) bond motifs is 1. The van der Waals surface area contributed by atoms with Crippen molar-refractivity contribution in [3.05, 3.63) is 50.4 Å². The van der Waals surface area contributed by atoms with Gasteiger partial charge in [0.2, 0.25) is 0 Å². The van der Waals surface area contributed by atoms with E-state index in [4.69, 9.17) is 0 Å². The fourth-order valence-corrected chi connectivity index (χ4v) is 2.26. The number of benzene rings is 1. The van der Waals surface area contributed by atoms with E-state index in [2.05, 4.69) is 16.0 Å². The molecule has 0 saturated carbocycles. The molecule has 0 saturated heterocycles. The van der Waals surface area contributed by atoms with E-state index < -0.39 is 67.9 Å². The predicted molar refractivity (Wildman–Crippen MR) is 78.7 cm³/mol. The zero-order valence-electron chi connectivity index (χ0n) is 13.5. The Bertz CT molecular complexity index is 1060. The highest BCUT2D eigenvalue weighted by Crippen LogP contribution is 2.60.